The highest BCUT2D eigenvalue weighted by Crippen LogP contribution is 2.33. The Balaban J connectivity index is 1.38. The Bertz CT molecular complexity index is 1190. The van der Waals surface area contributed by atoms with Crippen molar-refractivity contribution in [2.75, 3.05) is 74.8 Å². The van der Waals surface area contributed by atoms with E-state index in [0.717, 1.165) is 78.5 Å². The van der Waals surface area contributed by atoms with Crippen molar-refractivity contribution in [2.45, 2.75) is 12.8 Å². The van der Waals surface area contributed by atoms with Crippen LogP contribution in [0.25, 0.3) is 10.8 Å². The van der Waals surface area contributed by atoms with Gasteiger partial charge in [0.2, 0.25) is 5.91 Å². The fraction of sp³-hybridized carbons (Fsp3) is 0.393. The van der Waals surface area contributed by atoms with Gasteiger partial charge in [-0.1, -0.05) is 24.3 Å². The van der Waals surface area contributed by atoms with Crippen LogP contribution >= 0.6 is 0 Å². The number of carbonyl (C=O) groups is 1. The average molecular weight is 476 g/mol. The van der Waals surface area contributed by atoms with Crippen LogP contribution in [0.15, 0.2) is 54.6 Å². The number of benzene rings is 3. The first kappa shape index (κ1) is 23.5. The third-order valence-corrected chi connectivity index (χ3v) is 6.93. The van der Waals surface area contributed by atoms with Crippen LogP contribution in [-0.4, -0.2) is 65.6 Å². The fourth-order valence-corrected chi connectivity index (χ4v) is 4.74. The lowest BCUT2D eigenvalue weighted by atomic mass is 9.97. The SMILES string of the molecule is COc1ccc2cc([C@H](C)C(=O)Nc3ccc(N4CCOCC4)cc3N3CCOCC3)ccc2c1. The molecule has 3 aromatic carbocycles. The van der Waals surface area contributed by atoms with Crippen molar-refractivity contribution in [1.82, 2.24) is 0 Å². The smallest absolute Gasteiger partial charge is 0.231 e. The maximum absolute atomic E-state index is 13.4. The van der Waals surface area contributed by atoms with Gasteiger partial charge in [0.1, 0.15) is 5.75 Å². The molecule has 7 heteroatoms. The van der Waals surface area contributed by atoms with E-state index in [4.69, 9.17) is 14.2 Å². The van der Waals surface area contributed by atoms with E-state index in [9.17, 15) is 4.79 Å². The Morgan fingerprint density at radius 3 is 2.23 bits per heavy atom. The molecular formula is C28H33N3O4. The first-order valence-corrected chi connectivity index (χ1v) is 12.3. The second-order valence-electron chi connectivity index (χ2n) is 9.08. The molecule has 35 heavy (non-hydrogen) atoms. The number of carbonyl (C=O) groups excluding carboxylic acids is 1. The monoisotopic (exact) mass is 475 g/mol. The highest BCUT2D eigenvalue weighted by atomic mass is 16.5. The molecule has 1 atom stereocenters. The van der Waals surface area contributed by atoms with Gasteiger partial charge in [-0.25, -0.2) is 0 Å². The highest BCUT2D eigenvalue weighted by molar-refractivity contribution is 5.99. The van der Waals surface area contributed by atoms with E-state index >= 15 is 0 Å². The third kappa shape index (κ3) is 5.21. The second-order valence-corrected chi connectivity index (χ2v) is 9.08. The zero-order valence-corrected chi connectivity index (χ0v) is 20.5. The van der Waals surface area contributed by atoms with E-state index in [1.165, 1.54) is 0 Å². The van der Waals surface area contributed by atoms with Gasteiger partial charge in [0.15, 0.2) is 0 Å². The maximum atomic E-state index is 13.4. The minimum atomic E-state index is -0.294. The van der Waals surface area contributed by atoms with Gasteiger partial charge < -0.3 is 29.3 Å². The van der Waals surface area contributed by atoms with Gasteiger partial charge in [-0.15, -0.1) is 0 Å². The molecule has 2 saturated heterocycles. The molecule has 5 rings (SSSR count). The Morgan fingerprint density at radius 1 is 0.857 bits per heavy atom. The van der Waals surface area contributed by atoms with Gasteiger partial charge in [0, 0.05) is 31.9 Å². The average Bonchev–Trinajstić information content (AvgIpc) is 2.93. The van der Waals surface area contributed by atoms with E-state index in [1.54, 1.807) is 7.11 Å². The zero-order chi connectivity index (χ0) is 24.2. The van der Waals surface area contributed by atoms with Crippen molar-refractivity contribution in [3.63, 3.8) is 0 Å². The number of hydrogen-bond donors (Lipinski definition) is 1. The number of nitrogens with one attached hydrogen (secondary N) is 1. The molecule has 1 amide bonds. The van der Waals surface area contributed by atoms with Gasteiger partial charge in [0.05, 0.1) is 50.8 Å². The fourth-order valence-electron chi connectivity index (χ4n) is 4.74. The summed E-state index contributed by atoms with van der Waals surface area (Å²) in [5, 5.41) is 5.40. The summed E-state index contributed by atoms with van der Waals surface area (Å²) in [6, 6.07) is 18.5. The lowest BCUT2D eigenvalue weighted by Crippen LogP contribution is -2.38. The van der Waals surface area contributed by atoms with Crippen LogP contribution in [0.2, 0.25) is 0 Å². The predicted molar refractivity (Wildman–Crippen MR) is 140 cm³/mol. The molecule has 2 aliphatic heterocycles. The standard InChI is InChI=1S/C28H33N3O4/c1-20(21-3-4-23-18-25(33-2)7-5-22(23)17-21)28(32)29-26-8-6-24(30-9-13-34-14-10-30)19-27(26)31-11-15-35-16-12-31/h3-8,17-20H,9-16H2,1-2H3,(H,29,32)/t20-/m0/s1. The summed E-state index contributed by atoms with van der Waals surface area (Å²) in [6.45, 7) is 8.16. The van der Waals surface area contributed by atoms with E-state index < -0.39 is 0 Å². The molecule has 3 aromatic rings. The summed E-state index contributed by atoms with van der Waals surface area (Å²) in [5.74, 6) is 0.511. The van der Waals surface area contributed by atoms with E-state index in [-0.39, 0.29) is 11.8 Å². The Morgan fingerprint density at radius 2 is 1.51 bits per heavy atom. The van der Waals surface area contributed by atoms with E-state index in [1.807, 2.05) is 43.3 Å². The number of ether oxygens (including phenoxy) is 3. The molecule has 0 saturated carbocycles. The molecule has 2 heterocycles. The van der Waals surface area contributed by atoms with Gasteiger partial charge in [-0.05, 0) is 53.6 Å². The normalized spacial score (nSPS) is 17.3. The summed E-state index contributed by atoms with van der Waals surface area (Å²) < 4.78 is 16.4. The second kappa shape index (κ2) is 10.5. The van der Waals surface area contributed by atoms with Crippen LogP contribution in [0, 0.1) is 0 Å². The van der Waals surface area contributed by atoms with E-state index in [2.05, 4.69) is 33.3 Å². The molecule has 7 nitrogen and oxygen atoms in total. The van der Waals surface area contributed by atoms with Crippen LogP contribution in [0.3, 0.4) is 0 Å². The highest BCUT2D eigenvalue weighted by Gasteiger charge is 2.22. The number of rotatable bonds is 6. The number of fused-ring (bicyclic) bond motifs is 1. The van der Waals surface area contributed by atoms with Gasteiger partial charge in [-0.2, -0.15) is 0 Å². The molecule has 184 valence electrons. The van der Waals surface area contributed by atoms with Crippen molar-refractivity contribution >= 4 is 33.7 Å². The van der Waals surface area contributed by atoms with Crippen molar-refractivity contribution in [2.24, 2.45) is 0 Å². The molecular weight excluding hydrogens is 442 g/mol. The molecule has 0 radical (unpaired) electrons. The molecule has 0 spiro atoms. The molecule has 0 bridgehead atoms. The number of anilines is 3. The van der Waals surface area contributed by atoms with Crippen molar-refractivity contribution in [1.29, 1.82) is 0 Å². The number of amides is 1. The van der Waals surface area contributed by atoms with Crippen LogP contribution in [0.1, 0.15) is 18.4 Å². The molecule has 2 aliphatic rings. The molecule has 2 fully saturated rings. The Hall–Kier alpha value is -3.29. The first-order chi connectivity index (χ1) is 17.1. The number of hydrogen-bond acceptors (Lipinski definition) is 6. The van der Waals surface area contributed by atoms with Gasteiger partial charge in [-0.3, -0.25) is 4.79 Å². The summed E-state index contributed by atoms with van der Waals surface area (Å²) in [4.78, 5) is 18.0. The van der Waals surface area contributed by atoms with Crippen LogP contribution in [0.4, 0.5) is 17.1 Å². The maximum Gasteiger partial charge on any atom is 0.231 e. The van der Waals surface area contributed by atoms with Crippen molar-refractivity contribution < 1.29 is 19.0 Å². The van der Waals surface area contributed by atoms with Gasteiger partial charge in [0.25, 0.3) is 0 Å². The largest absolute Gasteiger partial charge is 0.497 e. The summed E-state index contributed by atoms with van der Waals surface area (Å²) >= 11 is 0. The number of nitrogens with zero attached hydrogens (tertiary/aromatic N) is 2. The number of morpholine rings is 2. The Labute approximate surface area is 206 Å². The molecule has 1 N–H and O–H groups in total. The summed E-state index contributed by atoms with van der Waals surface area (Å²) in [6.07, 6.45) is 0. The molecule has 0 aromatic heterocycles. The summed E-state index contributed by atoms with van der Waals surface area (Å²) in [5.41, 5.74) is 4.03. The van der Waals surface area contributed by atoms with Crippen molar-refractivity contribution in [3.05, 3.63) is 60.2 Å². The predicted octanol–water partition coefficient (Wildman–Crippen LogP) is 4.26. The van der Waals surface area contributed by atoms with Crippen LogP contribution < -0.4 is 19.9 Å². The topological polar surface area (TPSA) is 63.3 Å². The van der Waals surface area contributed by atoms with Gasteiger partial charge >= 0.3 is 0 Å². The minimum absolute atomic E-state index is 0.0218. The lowest BCUT2D eigenvalue weighted by molar-refractivity contribution is -0.117. The summed E-state index contributed by atoms with van der Waals surface area (Å²) in [7, 11) is 1.67. The third-order valence-electron chi connectivity index (χ3n) is 6.93. The Kier molecular flexibility index (Phi) is 7.06. The van der Waals surface area contributed by atoms with E-state index in [0.29, 0.717) is 13.2 Å². The minimum Gasteiger partial charge on any atom is -0.497 e. The lowest BCUT2D eigenvalue weighted by Gasteiger charge is -2.33. The number of methoxy groups -OCH3 is 1. The molecule has 0 unspecified atom stereocenters. The molecule has 0 aliphatic carbocycles. The quantitative estimate of drug-likeness (QED) is 0.575. The zero-order valence-electron chi connectivity index (χ0n) is 20.5. The van der Waals surface area contributed by atoms with Crippen LogP contribution in [-0.2, 0) is 14.3 Å². The van der Waals surface area contributed by atoms with Crippen molar-refractivity contribution in [3.8, 4) is 5.75 Å². The van der Waals surface area contributed by atoms with Crippen LogP contribution in [0.5, 0.6) is 5.75 Å². The first-order valence-electron chi connectivity index (χ1n) is 12.3.